The Balaban J connectivity index is 1.35. The fourth-order valence-electron chi connectivity index (χ4n) is 5.11. The first-order chi connectivity index (χ1) is 19.1. The fraction of sp³-hybridized carbons (Fsp3) is 0.296. The van der Waals surface area contributed by atoms with Crippen molar-refractivity contribution in [2.45, 2.75) is 38.2 Å². The Bertz CT molecular complexity index is 1770. The lowest BCUT2D eigenvalue weighted by atomic mass is 9.93. The van der Waals surface area contributed by atoms with E-state index in [9.17, 15) is 18.3 Å². The second-order valence-electron chi connectivity index (χ2n) is 10.1. The summed E-state index contributed by atoms with van der Waals surface area (Å²) in [4.78, 5) is 27.9. The minimum atomic E-state index is -3.54. The highest BCUT2D eigenvalue weighted by atomic mass is 32.2. The average molecular weight is 564 g/mol. The van der Waals surface area contributed by atoms with Crippen molar-refractivity contribution in [2.75, 3.05) is 23.4 Å². The summed E-state index contributed by atoms with van der Waals surface area (Å²) in [5.74, 6) is -0.243. The Morgan fingerprint density at radius 3 is 2.67 bits per heavy atom. The van der Waals surface area contributed by atoms with E-state index in [1.165, 1.54) is 23.4 Å². The molecule has 1 aliphatic heterocycles. The Kier molecular flexibility index (Phi) is 6.34. The zero-order valence-corrected chi connectivity index (χ0v) is 22.4. The van der Waals surface area contributed by atoms with Gasteiger partial charge < -0.3 is 15.7 Å². The predicted molar refractivity (Wildman–Crippen MR) is 145 cm³/mol. The molecule has 13 heteroatoms. The molecule has 3 heterocycles. The van der Waals surface area contributed by atoms with Crippen LogP contribution in [0.5, 0.6) is 0 Å². The van der Waals surface area contributed by atoms with Crippen LogP contribution in [0.25, 0.3) is 11.4 Å². The normalized spacial score (nSPS) is 15.4. The third kappa shape index (κ3) is 4.82. The molecule has 1 fully saturated rings. The van der Waals surface area contributed by atoms with Crippen molar-refractivity contribution in [3.8, 4) is 11.4 Å². The Labute approximate surface area is 229 Å². The predicted octanol–water partition coefficient (Wildman–Crippen LogP) is 2.43. The Morgan fingerprint density at radius 2 is 1.98 bits per heavy atom. The molecule has 0 atom stereocenters. The number of rotatable bonds is 7. The maximum absolute atomic E-state index is 15.1. The minimum absolute atomic E-state index is 0.0614. The number of aliphatic hydroxyl groups excluding tert-OH is 1. The number of anilines is 2. The summed E-state index contributed by atoms with van der Waals surface area (Å²) < 4.78 is 39.5. The van der Waals surface area contributed by atoms with Gasteiger partial charge in [0.05, 0.1) is 30.3 Å². The molecule has 0 radical (unpaired) electrons. The smallest absolute Gasteiger partial charge is 0.261 e. The van der Waals surface area contributed by atoms with Crippen LogP contribution < -0.4 is 10.6 Å². The van der Waals surface area contributed by atoms with Crippen molar-refractivity contribution >= 4 is 27.6 Å². The number of carbonyl (C=O) groups is 1. The Morgan fingerprint density at radius 1 is 1.18 bits per heavy atom. The summed E-state index contributed by atoms with van der Waals surface area (Å²) in [5, 5.41) is 14.3. The second-order valence-corrected chi connectivity index (χ2v) is 11.9. The summed E-state index contributed by atoms with van der Waals surface area (Å²) in [6.45, 7) is -0.113. The quantitative estimate of drug-likeness (QED) is 0.345. The lowest BCUT2D eigenvalue weighted by molar-refractivity contribution is 0.0976. The molecule has 2 aliphatic rings. The highest BCUT2D eigenvalue weighted by Gasteiger charge is 2.33. The van der Waals surface area contributed by atoms with Gasteiger partial charge in [-0.05, 0) is 54.0 Å². The largest absolute Gasteiger partial charge is 0.392 e. The van der Waals surface area contributed by atoms with E-state index in [4.69, 9.17) is 5.73 Å². The summed E-state index contributed by atoms with van der Waals surface area (Å²) in [6.07, 6.45) is 6.49. The molecule has 2 aromatic heterocycles. The third-order valence-electron chi connectivity index (χ3n) is 7.16. The number of fused-ring (bicyclic) bond motifs is 1. The van der Waals surface area contributed by atoms with Crippen LogP contribution in [0.3, 0.4) is 0 Å². The molecular formula is C27H26FN7O4S. The van der Waals surface area contributed by atoms with Gasteiger partial charge in [0.15, 0.2) is 5.82 Å². The zero-order chi connectivity index (χ0) is 28.2. The van der Waals surface area contributed by atoms with Gasteiger partial charge in [0.2, 0.25) is 5.95 Å². The van der Waals surface area contributed by atoms with Crippen LogP contribution >= 0.6 is 0 Å². The first kappa shape index (κ1) is 26.0. The molecular weight excluding hydrogens is 537 g/mol. The molecule has 1 amide bonds. The lowest BCUT2D eigenvalue weighted by Crippen LogP contribution is -2.39. The van der Waals surface area contributed by atoms with E-state index >= 15 is 4.39 Å². The van der Waals surface area contributed by atoms with Crippen LogP contribution in [0.1, 0.15) is 57.2 Å². The van der Waals surface area contributed by atoms with Crippen LogP contribution in [0.15, 0.2) is 42.7 Å². The maximum Gasteiger partial charge on any atom is 0.261 e. The van der Waals surface area contributed by atoms with E-state index in [0.717, 1.165) is 28.7 Å². The molecule has 1 saturated carbocycles. The van der Waals surface area contributed by atoms with E-state index in [1.54, 1.807) is 18.2 Å². The highest BCUT2D eigenvalue weighted by molar-refractivity contribution is 7.89. The van der Waals surface area contributed by atoms with E-state index in [2.05, 4.69) is 20.1 Å². The molecule has 206 valence electrons. The monoisotopic (exact) mass is 563 g/mol. The van der Waals surface area contributed by atoms with Crippen LogP contribution in [0.2, 0.25) is 0 Å². The number of benzene rings is 2. The number of nitrogens with zero attached hydrogens (tertiary/aromatic N) is 6. The van der Waals surface area contributed by atoms with Crippen LogP contribution in [0, 0.1) is 5.82 Å². The molecule has 40 heavy (non-hydrogen) atoms. The zero-order valence-electron chi connectivity index (χ0n) is 21.6. The minimum Gasteiger partial charge on any atom is -0.392 e. The highest BCUT2D eigenvalue weighted by Crippen LogP contribution is 2.42. The first-order valence-electron chi connectivity index (χ1n) is 12.7. The number of nitrogen functional groups attached to an aromatic ring is 1. The number of carbonyl (C=O) groups excluding carboxylic acids is 1. The van der Waals surface area contributed by atoms with E-state index < -0.39 is 28.4 Å². The lowest BCUT2D eigenvalue weighted by Gasteiger charge is -2.31. The molecule has 0 saturated heterocycles. The molecule has 4 aromatic rings. The van der Waals surface area contributed by atoms with Crippen molar-refractivity contribution in [3.63, 3.8) is 0 Å². The molecule has 0 unspecified atom stereocenters. The molecule has 2 aromatic carbocycles. The molecule has 0 spiro atoms. The van der Waals surface area contributed by atoms with Gasteiger partial charge in [-0.3, -0.25) is 4.79 Å². The van der Waals surface area contributed by atoms with Crippen molar-refractivity contribution in [3.05, 3.63) is 82.2 Å². The maximum atomic E-state index is 15.1. The van der Waals surface area contributed by atoms with Crippen molar-refractivity contribution < 1.29 is 22.7 Å². The van der Waals surface area contributed by atoms with Crippen LogP contribution in [0.4, 0.5) is 16.0 Å². The van der Waals surface area contributed by atoms with Gasteiger partial charge in [-0.25, -0.2) is 17.8 Å². The first-order valence-corrected chi connectivity index (χ1v) is 14.6. The van der Waals surface area contributed by atoms with Gasteiger partial charge in [-0.1, -0.05) is 18.2 Å². The van der Waals surface area contributed by atoms with E-state index in [1.807, 2.05) is 6.07 Å². The fourth-order valence-corrected chi connectivity index (χ4v) is 5.66. The van der Waals surface area contributed by atoms with Crippen molar-refractivity contribution in [1.82, 2.24) is 24.1 Å². The van der Waals surface area contributed by atoms with Crippen molar-refractivity contribution in [1.29, 1.82) is 0 Å². The molecule has 3 N–H and O–H groups in total. The average Bonchev–Trinajstić information content (AvgIpc) is 3.65. The van der Waals surface area contributed by atoms with Gasteiger partial charge in [-0.15, -0.1) is 0 Å². The number of halogens is 1. The summed E-state index contributed by atoms with van der Waals surface area (Å²) in [7, 11) is -3.54. The number of nitrogens with two attached hydrogens (primary N) is 1. The number of hydrogen-bond donors (Lipinski definition) is 2. The standard InChI is InChI=1S/C27H26FN7O4S/c1-40(38,39)35-13-15(12-30-35)9-23-31-25(33-27(29)32-23)19-3-2-4-22(20(19)14-36)34-8-7-17-10-18(16-5-6-16)11-21(28)24(17)26(34)37/h2-4,10-13,16,36H,5-9,14H2,1H3,(H2,29,31,32,33). The molecule has 0 bridgehead atoms. The second kappa shape index (κ2) is 9.75. The molecule has 11 nitrogen and oxygen atoms in total. The topological polar surface area (TPSA) is 157 Å². The summed E-state index contributed by atoms with van der Waals surface area (Å²) >= 11 is 0. The molecule has 1 aliphatic carbocycles. The number of hydrogen-bond acceptors (Lipinski definition) is 9. The Hall–Kier alpha value is -4.23. The van der Waals surface area contributed by atoms with Gasteiger partial charge in [0.1, 0.15) is 11.6 Å². The molecule has 6 rings (SSSR count). The van der Waals surface area contributed by atoms with E-state index in [-0.39, 0.29) is 29.6 Å². The number of aliphatic hydroxyl groups is 1. The van der Waals surface area contributed by atoms with Gasteiger partial charge >= 0.3 is 0 Å². The summed E-state index contributed by atoms with van der Waals surface area (Å²) in [6, 6.07) is 8.51. The van der Waals surface area contributed by atoms with Gasteiger partial charge in [-0.2, -0.15) is 19.2 Å². The van der Waals surface area contributed by atoms with Crippen LogP contribution in [-0.2, 0) is 29.5 Å². The van der Waals surface area contributed by atoms with E-state index in [0.29, 0.717) is 46.8 Å². The number of amides is 1. The van der Waals surface area contributed by atoms with Gasteiger partial charge in [0, 0.05) is 30.3 Å². The number of aromatic nitrogens is 5. The van der Waals surface area contributed by atoms with Gasteiger partial charge in [0.25, 0.3) is 15.9 Å². The van der Waals surface area contributed by atoms with Crippen molar-refractivity contribution in [2.24, 2.45) is 0 Å². The summed E-state index contributed by atoms with van der Waals surface area (Å²) in [5.41, 5.74) is 9.49. The SMILES string of the molecule is CS(=O)(=O)n1cc(Cc2nc(N)nc(-c3cccc(N4CCc5cc(C6CC6)cc(F)c5C4=O)c3CO)n2)cn1. The third-order valence-corrected chi connectivity index (χ3v) is 8.04. The van der Waals surface area contributed by atoms with Crippen LogP contribution in [-0.4, -0.2) is 56.4 Å².